The van der Waals surface area contributed by atoms with Crippen LogP contribution in [0, 0.1) is 11.3 Å². The van der Waals surface area contributed by atoms with Crippen LogP contribution < -0.4 is 4.74 Å². The summed E-state index contributed by atoms with van der Waals surface area (Å²) >= 11 is 11.8. The molecule has 0 aliphatic carbocycles. The molecule has 1 aromatic rings. The fourth-order valence-electron chi connectivity index (χ4n) is 1.80. The Labute approximate surface area is 140 Å². The van der Waals surface area contributed by atoms with Gasteiger partial charge in [-0.3, -0.25) is 0 Å². The van der Waals surface area contributed by atoms with E-state index < -0.39 is 5.83 Å². The minimum atomic E-state index is -0.535. The average Bonchev–Trinajstić information content (AvgIpc) is 2.55. The third-order valence-corrected chi connectivity index (χ3v) is 3.66. The van der Waals surface area contributed by atoms with Gasteiger partial charge in [-0.05, 0) is 37.6 Å². The molecule has 5 heteroatoms. The average molecular weight is 340 g/mol. The Balaban J connectivity index is 3.41. The van der Waals surface area contributed by atoms with Crippen molar-refractivity contribution in [2.24, 2.45) is 0 Å². The number of halogens is 3. The van der Waals surface area contributed by atoms with E-state index in [4.69, 9.17) is 27.9 Å². The first-order valence-electron chi connectivity index (χ1n) is 6.64. The highest BCUT2D eigenvalue weighted by atomic mass is 35.5. The molecule has 0 unspecified atom stereocenters. The molecule has 0 aliphatic heterocycles. The highest BCUT2D eigenvalue weighted by Crippen LogP contribution is 2.31. The molecule has 116 valence electrons. The molecule has 0 aromatic heterocycles. The third kappa shape index (κ3) is 4.37. The van der Waals surface area contributed by atoms with Crippen molar-refractivity contribution in [2.45, 2.75) is 20.3 Å². The maximum absolute atomic E-state index is 14.2. The van der Waals surface area contributed by atoms with Gasteiger partial charge in [0, 0.05) is 16.2 Å². The lowest BCUT2D eigenvalue weighted by Crippen LogP contribution is -1.92. The van der Waals surface area contributed by atoms with Crippen molar-refractivity contribution in [1.82, 2.24) is 0 Å². The molecule has 1 rings (SSSR count). The zero-order valence-corrected chi connectivity index (χ0v) is 14.1. The summed E-state index contributed by atoms with van der Waals surface area (Å²) in [6, 6.07) is 6.96. The van der Waals surface area contributed by atoms with E-state index in [2.05, 4.69) is 6.07 Å². The van der Waals surface area contributed by atoms with Gasteiger partial charge in [-0.2, -0.15) is 5.26 Å². The van der Waals surface area contributed by atoms with Crippen LogP contribution >= 0.6 is 23.2 Å². The van der Waals surface area contributed by atoms with E-state index in [1.54, 1.807) is 38.1 Å². The Morgan fingerprint density at radius 3 is 2.64 bits per heavy atom. The zero-order valence-electron chi connectivity index (χ0n) is 12.6. The summed E-state index contributed by atoms with van der Waals surface area (Å²) in [6.07, 6.45) is 3.39. The molecule has 0 saturated carbocycles. The molecule has 22 heavy (non-hydrogen) atoms. The third-order valence-electron chi connectivity index (χ3n) is 2.99. The molecule has 0 bridgehead atoms. The second-order valence-electron chi connectivity index (χ2n) is 4.33. The summed E-state index contributed by atoms with van der Waals surface area (Å²) in [5, 5.41) is 9.99. The van der Waals surface area contributed by atoms with Gasteiger partial charge in [0.2, 0.25) is 0 Å². The number of allylic oxidation sites excluding steroid dienone is 6. The van der Waals surface area contributed by atoms with Crippen molar-refractivity contribution in [2.75, 3.05) is 7.11 Å². The molecular weight excluding hydrogens is 324 g/mol. The Morgan fingerprint density at radius 1 is 1.45 bits per heavy atom. The Hall–Kier alpha value is -1.76. The van der Waals surface area contributed by atoms with Crippen molar-refractivity contribution in [1.29, 1.82) is 5.26 Å². The second kappa shape index (κ2) is 8.63. The topological polar surface area (TPSA) is 33.0 Å². The summed E-state index contributed by atoms with van der Waals surface area (Å²) < 4.78 is 19.4. The molecule has 0 radical (unpaired) electrons. The van der Waals surface area contributed by atoms with Crippen LogP contribution in [0.2, 0.25) is 5.02 Å². The quantitative estimate of drug-likeness (QED) is 0.484. The maximum Gasteiger partial charge on any atom is 0.144 e. The van der Waals surface area contributed by atoms with Crippen LogP contribution in [0.25, 0.3) is 5.57 Å². The van der Waals surface area contributed by atoms with Crippen LogP contribution in [-0.2, 0) is 0 Å². The van der Waals surface area contributed by atoms with E-state index >= 15 is 0 Å². The summed E-state index contributed by atoms with van der Waals surface area (Å²) in [5.74, 6) is -0.0888. The van der Waals surface area contributed by atoms with E-state index in [-0.39, 0.29) is 16.2 Å². The normalized spacial score (nSPS) is 13.5. The first-order chi connectivity index (χ1) is 10.5. The minimum Gasteiger partial charge on any atom is -0.496 e. The number of nitriles is 1. The fourth-order valence-corrected chi connectivity index (χ4v) is 2.07. The maximum atomic E-state index is 14.2. The van der Waals surface area contributed by atoms with Crippen molar-refractivity contribution in [3.05, 3.63) is 57.4 Å². The molecule has 0 saturated heterocycles. The van der Waals surface area contributed by atoms with E-state index in [1.807, 2.05) is 0 Å². The summed E-state index contributed by atoms with van der Waals surface area (Å²) in [5.41, 5.74) is 1.05. The summed E-state index contributed by atoms with van der Waals surface area (Å²) in [7, 11) is 1.48. The van der Waals surface area contributed by atoms with Gasteiger partial charge in [-0.25, -0.2) is 4.39 Å². The van der Waals surface area contributed by atoms with Crippen molar-refractivity contribution in [3.63, 3.8) is 0 Å². The first-order valence-corrected chi connectivity index (χ1v) is 7.40. The summed E-state index contributed by atoms with van der Waals surface area (Å²) in [4.78, 5) is 0. The number of methoxy groups -OCH3 is 1. The van der Waals surface area contributed by atoms with Crippen molar-refractivity contribution >= 4 is 28.8 Å². The Morgan fingerprint density at radius 2 is 2.14 bits per heavy atom. The van der Waals surface area contributed by atoms with Gasteiger partial charge in [-0.15, -0.1) is 0 Å². The Bertz CT molecular complexity index is 684. The van der Waals surface area contributed by atoms with Crippen LogP contribution in [0.4, 0.5) is 4.39 Å². The van der Waals surface area contributed by atoms with Crippen LogP contribution in [-0.4, -0.2) is 7.11 Å². The van der Waals surface area contributed by atoms with Crippen molar-refractivity contribution in [3.8, 4) is 11.8 Å². The van der Waals surface area contributed by atoms with Crippen LogP contribution in [0.3, 0.4) is 0 Å². The summed E-state index contributed by atoms with van der Waals surface area (Å²) in [6.45, 7) is 3.44. The zero-order chi connectivity index (χ0) is 16.7. The van der Waals surface area contributed by atoms with Gasteiger partial charge in [0.25, 0.3) is 0 Å². The van der Waals surface area contributed by atoms with E-state index in [0.29, 0.717) is 22.8 Å². The highest BCUT2D eigenvalue weighted by Gasteiger charge is 2.12. The predicted molar refractivity (Wildman–Crippen MR) is 89.6 cm³/mol. The molecule has 0 atom stereocenters. The number of benzene rings is 1. The molecule has 0 heterocycles. The molecule has 0 spiro atoms. The molecule has 2 nitrogen and oxygen atoms in total. The van der Waals surface area contributed by atoms with Gasteiger partial charge >= 0.3 is 0 Å². The lowest BCUT2D eigenvalue weighted by atomic mass is 10.0. The molecule has 0 fully saturated rings. The van der Waals surface area contributed by atoms with Gasteiger partial charge in [-0.1, -0.05) is 36.2 Å². The van der Waals surface area contributed by atoms with Gasteiger partial charge < -0.3 is 4.74 Å². The van der Waals surface area contributed by atoms with Gasteiger partial charge in [0.1, 0.15) is 11.6 Å². The van der Waals surface area contributed by atoms with Crippen molar-refractivity contribution < 1.29 is 9.13 Å². The van der Waals surface area contributed by atoms with Crippen LogP contribution in [0.5, 0.6) is 5.75 Å². The number of ether oxygens (including phenoxy) is 1. The highest BCUT2D eigenvalue weighted by molar-refractivity contribution is 6.31. The molecule has 0 N–H and O–H groups in total. The lowest BCUT2D eigenvalue weighted by molar-refractivity contribution is 0.413. The number of nitrogens with zero attached hydrogens (tertiary/aromatic N) is 1. The predicted octanol–water partition coefficient (Wildman–Crippen LogP) is 6.03. The molecule has 0 amide bonds. The van der Waals surface area contributed by atoms with E-state index in [0.717, 1.165) is 0 Å². The molecular formula is C17H16Cl2FNO. The molecule has 1 aromatic carbocycles. The monoisotopic (exact) mass is 339 g/mol. The molecule has 0 aliphatic rings. The first kappa shape index (κ1) is 18.3. The number of hydrogen-bond donors (Lipinski definition) is 0. The lowest BCUT2D eigenvalue weighted by Gasteiger charge is -2.09. The van der Waals surface area contributed by atoms with Crippen LogP contribution in [0.1, 0.15) is 25.8 Å². The van der Waals surface area contributed by atoms with E-state index in [1.165, 1.54) is 13.2 Å². The van der Waals surface area contributed by atoms with Gasteiger partial charge in [0.15, 0.2) is 0 Å². The van der Waals surface area contributed by atoms with E-state index in [9.17, 15) is 9.65 Å². The minimum absolute atomic E-state index is 0.115. The number of hydrogen-bond acceptors (Lipinski definition) is 2. The second-order valence-corrected chi connectivity index (χ2v) is 5.22. The standard InChI is InChI=1S/C17H16Cl2FNO/c1-4-11(17(20)15(19)5-2)8-12(10-21)14-7-6-13(18)9-16(14)22-3/h4,6-9H,5H2,1-3H3/b11-4-,12-8+,17-15-. The Kier molecular flexibility index (Phi) is 7.17. The fraction of sp³-hybridized carbons (Fsp3) is 0.235. The smallest absolute Gasteiger partial charge is 0.144 e. The van der Waals surface area contributed by atoms with Gasteiger partial charge in [0.05, 0.1) is 23.8 Å². The number of rotatable bonds is 5. The van der Waals surface area contributed by atoms with Crippen LogP contribution in [0.15, 0.2) is 46.8 Å². The largest absolute Gasteiger partial charge is 0.496 e. The SMILES string of the molecule is C/C=C(/C=C(\C#N)c1ccc(Cl)cc1OC)C(\F)=C(\Cl)CC.